The van der Waals surface area contributed by atoms with Crippen LogP contribution in [0.4, 0.5) is 0 Å². The molecule has 1 N–H and O–H groups in total. The van der Waals surface area contributed by atoms with Crippen molar-refractivity contribution in [3.05, 3.63) is 29.7 Å². The Balaban J connectivity index is 1.85. The van der Waals surface area contributed by atoms with Crippen LogP contribution in [0.1, 0.15) is 18.7 Å². The van der Waals surface area contributed by atoms with Crippen molar-refractivity contribution in [3.8, 4) is 5.88 Å². The second-order valence-electron chi connectivity index (χ2n) is 5.31. The van der Waals surface area contributed by atoms with E-state index in [1.165, 1.54) is 6.08 Å². The smallest absolute Gasteiger partial charge is 0.246 e. The number of H-pyrrole nitrogens is 1. The molecule has 0 aliphatic carbocycles. The molecule has 116 valence electrons. The van der Waals surface area contributed by atoms with E-state index in [9.17, 15) is 4.79 Å². The highest BCUT2D eigenvalue weighted by molar-refractivity contribution is 6.35. The van der Waals surface area contributed by atoms with Crippen LogP contribution in [0.3, 0.4) is 0 Å². The molecule has 1 aliphatic rings. The Morgan fingerprint density at radius 2 is 2.41 bits per heavy atom. The zero-order valence-electron chi connectivity index (χ0n) is 12.3. The maximum atomic E-state index is 11.7. The SMILES string of the molecule is C=CC(=O)N1CCCC(Oc2nc(C)nc3[nH]cc(Cl)c23)C1. The van der Waals surface area contributed by atoms with Crippen LogP contribution in [0.15, 0.2) is 18.9 Å². The number of aromatic amines is 1. The number of halogens is 1. The molecule has 3 heterocycles. The molecule has 0 saturated carbocycles. The fourth-order valence-corrected chi connectivity index (χ4v) is 2.90. The molecule has 1 unspecified atom stereocenters. The van der Waals surface area contributed by atoms with Crippen LogP contribution in [-0.2, 0) is 4.79 Å². The van der Waals surface area contributed by atoms with Gasteiger partial charge in [0.25, 0.3) is 0 Å². The van der Waals surface area contributed by atoms with Gasteiger partial charge in [-0.3, -0.25) is 4.79 Å². The summed E-state index contributed by atoms with van der Waals surface area (Å²) in [5, 5.41) is 1.21. The van der Waals surface area contributed by atoms with E-state index in [0.717, 1.165) is 19.4 Å². The molecule has 0 radical (unpaired) electrons. The van der Waals surface area contributed by atoms with Crippen LogP contribution in [0.5, 0.6) is 5.88 Å². The first-order chi connectivity index (χ1) is 10.6. The Labute approximate surface area is 133 Å². The lowest BCUT2D eigenvalue weighted by atomic mass is 10.1. The van der Waals surface area contributed by atoms with Crippen LogP contribution in [0, 0.1) is 6.92 Å². The maximum absolute atomic E-state index is 11.7. The lowest BCUT2D eigenvalue weighted by Crippen LogP contribution is -2.43. The number of hydrogen-bond acceptors (Lipinski definition) is 4. The quantitative estimate of drug-likeness (QED) is 0.882. The summed E-state index contributed by atoms with van der Waals surface area (Å²) in [5.41, 5.74) is 0.655. The van der Waals surface area contributed by atoms with Gasteiger partial charge in [0.2, 0.25) is 11.8 Å². The fraction of sp³-hybridized carbons (Fsp3) is 0.400. The summed E-state index contributed by atoms with van der Waals surface area (Å²) in [4.78, 5) is 25.1. The zero-order chi connectivity index (χ0) is 15.7. The minimum atomic E-state index is -0.110. The van der Waals surface area contributed by atoms with Gasteiger partial charge in [-0.1, -0.05) is 18.2 Å². The van der Waals surface area contributed by atoms with E-state index in [-0.39, 0.29) is 12.0 Å². The van der Waals surface area contributed by atoms with Gasteiger partial charge in [-0.05, 0) is 25.8 Å². The summed E-state index contributed by atoms with van der Waals surface area (Å²) in [6, 6.07) is 0. The van der Waals surface area contributed by atoms with Crippen LogP contribution in [0.2, 0.25) is 5.02 Å². The molecule has 0 spiro atoms. The topological polar surface area (TPSA) is 71.1 Å². The number of fused-ring (bicyclic) bond motifs is 1. The largest absolute Gasteiger partial charge is 0.472 e. The van der Waals surface area contributed by atoms with Crippen LogP contribution >= 0.6 is 11.6 Å². The summed E-state index contributed by atoms with van der Waals surface area (Å²) < 4.78 is 6.03. The number of hydrogen-bond donors (Lipinski definition) is 1. The summed E-state index contributed by atoms with van der Waals surface area (Å²) in [6.07, 6.45) is 4.65. The molecule has 1 fully saturated rings. The minimum absolute atomic E-state index is 0.0722. The molecule has 22 heavy (non-hydrogen) atoms. The number of piperidine rings is 1. The van der Waals surface area contributed by atoms with Crippen LogP contribution in [0.25, 0.3) is 11.0 Å². The normalized spacial score (nSPS) is 18.5. The van der Waals surface area contributed by atoms with Gasteiger partial charge in [-0.2, -0.15) is 4.98 Å². The predicted octanol–water partition coefficient (Wildman–Crippen LogP) is 2.48. The third-order valence-electron chi connectivity index (χ3n) is 3.70. The van der Waals surface area contributed by atoms with Gasteiger partial charge >= 0.3 is 0 Å². The van der Waals surface area contributed by atoms with Gasteiger partial charge in [0, 0.05) is 12.7 Å². The van der Waals surface area contributed by atoms with Crippen molar-refractivity contribution in [1.29, 1.82) is 0 Å². The van der Waals surface area contributed by atoms with E-state index in [0.29, 0.717) is 34.3 Å². The first-order valence-electron chi connectivity index (χ1n) is 7.17. The van der Waals surface area contributed by atoms with Gasteiger partial charge in [0.15, 0.2) is 0 Å². The maximum Gasteiger partial charge on any atom is 0.246 e. The predicted molar refractivity (Wildman–Crippen MR) is 84.1 cm³/mol. The summed E-state index contributed by atoms with van der Waals surface area (Å²) in [5.74, 6) is 1.000. The highest BCUT2D eigenvalue weighted by atomic mass is 35.5. The standard InChI is InChI=1S/C15H17ClN4O2/c1-3-12(21)20-6-4-5-10(8-20)22-15-13-11(16)7-17-14(13)18-9(2)19-15/h3,7,10H,1,4-6,8H2,2H3,(H,17,18,19). The first kappa shape index (κ1) is 14.8. The molecule has 1 saturated heterocycles. The van der Waals surface area contributed by atoms with Crippen molar-refractivity contribution < 1.29 is 9.53 Å². The third kappa shape index (κ3) is 2.78. The summed E-state index contributed by atoms with van der Waals surface area (Å²) in [6.45, 7) is 6.58. The van der Waals surface area contributed by atoms with Crippen molar-refractivity contribution >= 4 is 28.5 Å². The first-order valence-corrected chi connectivity index (χ1v) is 7.55. The minimum Gasteiger partial charge on any atom is -0.472 e. The molecule has 0 bridgehead atoms. The Hall–Kier alpha value is -2.08. The molecule has 2 aromatic heterocycles. The number of ether oxygens (including phenoxy) is 1. The molecular weight excluding hydrogens is 304 g/mol. The van der Waals surface area contributed by atoms with Crippen LogP contribution in [-0.4, -0.2) is 45.0 Å². The van der Waals surface area contributed by atoms with E-state index < -0.39 is 0 Å². The zero-order valence-corrected chi connectivity index (χ0v) is 13.1. The number of aromatic nitrogens is 3. The average Bonchev–Trinajstić information content (AvgIpc) is 2.88. The number of amides is 1. The monoisotopic (exact) mass is 320 g/mol. The van der Waals surface area contributed by atoms with E-state index in [1.807, 2.05) is 0 Å². The summed E-state index contributed by atoms with van der Waals surface area (Å²) >= 11 is 6.18. The van der Waals surface area contributed by atoms with Gasteiger partial charge in [-0.25, -0.2) is 4.98 Å². The lowest BCUT2D eigenvalue weighted by Gasteiger charge is -2.32. The number of carbonyl (C=O) groups excluding carboxylic acids is 1. The Bertz CT molecular complexity index is 728. The third-order valence-corrected chi connectivity index (χ3v) is 4.00. The van der Waals surface area contributed by atoms with Crippen molar-refractivity contribution in [2.24, 2.45) is 0 Å². The number of nitrogens with one attached hydrogen (secondary N) is 1. The fourth-order valence-electron chi connectivity index (χ4n) is 2.68. The average molecular weight is 321 g/mol. The molecule has 3 rings (SSSR count). The highest BCUT2D eigenvalue weighted by Crippen LogP contribution is 2.31. The van der Waals surface area contributed by atoms with E-state index >= 15 is 0 Å². The van der Waals surface area contributed by atoms with Crippen molar-refractivity contribution in [2.45, 2.75) is 25.9 Å². The molecule has 6 nitrogen and oxygen atoms in total. The molecule has 2 aromatic rings. The van der Waals surface area contributed by atoms with Crippen molar-refractivity contribution in [3.63, 3.8) is 0 Å². The Kier molecular flexibility index (Phi) is 4.02. The van der Waals surface area contributed by atoms with Crippen LogP contribution < -0.4 is 4.74 Å². The number of rotatable bonds is 3. The lowest BCUT2D eigenvalue weighted by molar-refractivity contribution is -0.128. The van der Waals surface area contributed by atoms with Crippen molar-refractivity contribution in [1.82, 2.24) is 19.9 Å². The Morgan fingerprint density at radius 3 is 3.18 bits per heavy atom. The second-order valence-corrected chi connectivity index (χ2v) is 5.71. The molecular formula is C15H17ClN4O2. The highest BCUT2D eigenvalue weighted by Gasteiger charge is 2.25. The van der Waals surface area contributed by atoms with E-state index in [1.54, 1.807) is 18.0 Å². The number of carbonyl (C=O) groups is 1. The Morgan fingerprint density at radius 1 is 1.59 bits per heavy atom. The number of nitrogens with zero attached hydrogens (tertiary/aromatic N) is 3. The van der Waals surface area contributed by atoms with E-state index in [4.69, 9.17) is 16.3 Å². The molecule has 7 heteroatoms. The molecule has 1 amide bonds. The number of aryl methyl sites for hydroxylation is 1. The van der Waals surface area contributed by atoms with Gasteiger partial charge in [0.1, 0.15) is 17.6 Å². The molecule has 0 aromatic carbocycles. The van der Waals surface area contributed by atoms with Crippen molar-refractivity contribution in [2.75, 3.05) is 13.1 Å². The van der Waals surface area contributed by atoms with Gasteiger partial charge < -0.3 is 14.6 Å². The molecule has 1 atom stereocenters. The van der Waals surface area contributed by atoms with Gasteiger partial charge in [0.05, 0.1) is 17.0 Å². The second kappa shape index (κ2) is 5.96. The molecule has 1 aliphatic heterocycles. The van der Waals surface area contributed by atoms with Gasteiger partial charge in [-0.15, -0.1) is 0 Å². The summed E-state index contributed by atoms with van der Waals surface area (Å²) in [7, 11) is 0. The number of likely N-dealkylation sites (tertiary alicyclic amines) is 1. The van der Waals surface area contributed by atoms with E-state index in [2.05, 4.69) is 21.5 Å².